The van der Waals surface area contributed by atoms with Crippen LogP contribution in [0.15, 0.2) is 54.6 Å². The maximum Gasteiger partial charge on any atom is 0.418 e. The van der Waals surface area contributed by atoms with Crippen LogP contribution >= 0.6 is 0 Å². The first-order valence-electron chi connectivity index (χ1n) is 15.9. The third-order valence-corrected chi connectivity index (χ3v) is 9.62. The highest BCUT2D eigenvalue weighted by atomic mass is 19.4. The van der Waals surface area contributed by atoms with E-state index in [2.05, 4.69) is 11.0 Å². The van der Waals surface area contributed by atoms with Gasteiger partial charge in [0, 0.05) is 43.5 Å². The van der Waals surface area contributed by atoms with Crippen LogP contribution in [0.4, 0.5) is 29.5 Å². The highest BCUT2D eigenvalue weighted by Crippen LogP contribution is 2.40. The van der Waals surface area contributed by atoms with E-state index in [0.29, 0.717) is 44.0 Å². The number of benzene rings is 2. The van der Waals surface area contributed by atoms with Crippen molar-refractivity contribution in [3.05, 3.63) is 77.0 Å². The molecule has 2 aromatic carbocycles. The van der Waals surface area contributed by atoms with Gasteiger partial charge in [-0.3, -0.25) is 4.90 Å². The second-order valence-corrected chi connectivity index (χ2v) is 12.6. The first kappa shape index (κ1) is 32.4. The topological polar surface area (TPSA) is 109 Å². The summed E-state index contributed by atoms with van der Waals surface area (Å²) in [4.78, 5) is 29.5. The number of alkyl halides is 3. The molecule has 0 bridgehead atoms. The summed E-state index contributed by atoms with van der Waals surface area (Å²) in [6.07, 6.45) is -2.89. The van der Waals surface area contributed by atoms with Crippen molar-refractivity contribution in [2.24, 2.45) is 0 Å². The number of hydrogen-bond donors (Lipinski definition) is 1. The fourth-order valence-corrected chi connectivity index (χ4v) is 7.22. The summed E-state index contributed by atoms with van der Waals surface area (Å²) in [6, 6.07) is 17.6. The second-order valence-electron chi connectivity index (χ2n) is 12.6. The third-order valence-electron chi connectivity index (χ3n) is 9.62. The van der Waals surface area contributed by atoms with E-state index in [1.807, 2.05) is 42.3 Å². The van der Waals surface area contributed by atoms with Gasteiger partial charge in [0.1, 0.15) is 12.4 Å². The molecule has 1 amide bonds. The van der Waals surface area contributed by atoms with Gasteiger partial charge in [-0.2, -0.15) is 28.4 Å². The van der Waals surface area contributed by atoms with Gasteiger partial charge in [0.15, 0.2) is 0 Å². The number of hydrogen-bond acceptors (Lipinski definition) is 8. The number of piperazine rings is 1. The summed E-state index contributed by atoms with van der Waals surface area (Å²) >= 11 is 0. The van der Waals surface area contributed by atoms with E-state index in [1.54, 1.807) is 11.0 Å². The summed E-state index contributed by atoms with van der Waals surface area (Å²) in [7, 11) is 2.04. The summed E-state index contributed by atoms with van der Waals surface area (Å²) in [5.74, 6) is 0.578. The molecule has 2 fully saturated rings. The van der Waals surface area contributed by atoms with E-state index in [-0.39, 0.29) is 43.8 Å². The van der Waals surface area contributed by atoms with E-state index in [0.717, 1.165) is 36.6 Å². The lowest BCUT2D eigenvalue weighted by Crippen LogP contribution is -2.65. The van der Waals surface area contributed by atoms with Crippen LogP contribution in [-0.2, 0) is 25.6 Å². The molecule has 1 aromatic heterocycles. The molecule has 248 valence electrons. The summed E-state index contributed by atoms with van der Waals surface area (Å²) in [5.41, 5.74) is 0.604. The number of aromatic nitrogens is 2. The quantitative estimate of drug-likeness (QED) is 0.351. The molecule has 3 aliphatic heterocycles. The van der Waals surface area contributed by atoms with Crippen molar-refractivity contribution in [2.75, 3.05) is 56.2 Å². The molecule has 1 N–H and O–H groups in total. The lowest BCUT2D eigenvalue weighted by molar-refractivity contribution is -0.137. The highest BCUT2D eigenvalue weighted by Gasteiger charge is 2.46. The Labute approximate surface area is 272 Å². The molecule has 0 radical (unpaired) electrons. The molecule has 6 rings (SSSR count). The third kappa shape index (κ3) is 6.79. The van der Waals surface area contributed by atoms with E-state index >= 15 is 0 Å². The van der Waals surface area contributed by atoms with Crippen LogP contribution in [0, 0.1) is 11.3 Å². The molecule has 4 heterocycles. The molecule has 2 saturated heterocycles. The number of nitriles is 1. The molecule has 10 nitrogen and oxygen atoms in total. The largest absolute Gasteiger partial charge is 0.465 e. The van der Waals surface area contributed by atoms with Gasteiger partial charge in [-0.05, 0) is 57.0 Å². The second kappa shape index (κ2) is 13.3. The predicted octanol–water partition coefficient (Wildman–Crippen LogP) is 5.23. The molecule has 2 unspecified atom stereocenters. The number of ether oxygens (including phenoxy) is 1. The maximum absolute atomic E-state index is 14.0. The number of anilines is 2. The van der Waals surface area contributed by atoms with Gasteiger partial charge in [-0.15, -0.1) is 0 Å². The Hall–Kier alpha value is -4.57. The predicted molar refractivity (Wildman–Crippen MR) is 169 cm³/mol. The Balaban J connectivity index is 1.38. The molecule has 0 aliphatic carbocycles. The molecule has 47 heavy (non-hydrogen) atoms. The number of para-hydroxylation sites is 1. The molecule has 2 atom stereocenters. The fourth-order valence-electron chi connectivity index (χ4n) is 7.22. The van der Waals surface area contributed by atoms with Crippen LogP contribution in [0.2, 0.25) is 0 Å². The summed E-state index contributed by atoms with van der Waals surface area (Å²) in [5, 5.41) is 20.2. The van der Waals surface area contributed by atoms with Crippen LogP contribution in [0.5, 0.6) is 6.01 Å². The molecule has 0 spiro atoms. The van der Waals surface area contributed by atoms with Crippen molar-refractivity contribution in [1.29, 1.82) is 5.26 Å². The normalized spacial score (nSPS) is 21.8. The number of amides is 1. The van der Waals surface area contributed by atoms with E-state index in [4.69, 9.17) is 14.7 Å². The highest BCUT2D eigenvalue weighted by molar-refractivity contribution is 5.68. The molecular weight excluding hydrogens is 611 g/mol. The Morgan fingerprint density at radius 1 is 1.06 bits per heavy atom. The van der Waals surface area contributed by atoms with Crippen LogP contribution in [0.1, 0.15) is 41.6 Å². The van der Waals surface area contributed by atoms with Crippen molar-refractivity contribution in [3.63, 3.8) is 0 Å². The smallest absolute Gasteiger partial charge is 0.418 e. The fraction of sp³-hybridized carbons (Fsp3) is 0.471. The van der Waals surface area contributed by atoms with Gasteiger partial charge in [0.2, 0.25) is 0 Å². The molecule has 3 aliphatic rings. The van der Waals surface area contributed by atoms with E-state index < -0.39 is 23.4 Å². The van der Waals surface area contributed by atoms with Gasteiger partial charge >= 0.3 is 18.3 Å². The minimum Gasteiger partial charge on any atom is -0.465 e. The van der Waals surface area contributed by atoms with E-state index in [1.165, 1.54) is 17.0 Å². The van der Waals surface area contributed by atoms with Gasteiger partial charge in [-0.1, -0.05) is 42.5 Å². The average molecular weight is 650 g/mol. The van der Waals surface area contributed by atoms with Gasteiger partial charge in [-0.25, -0.2) is 4.79 Å². The zero-order valence-electron chi connectivity index (χ0n) is 26.3. The van der Waals surface area contributed by atoms with Crippen LogP contribution in [0.3, 0.4) is 0 Å². The lowest BCUT2D eigenvalue weighted by atomic mass is 9.83. The molecule has 0 saturated carbocycles. The molecular formula is C34H38F3N7O3. The Morgan fingerprint density at radius 2 is 1.83 bits per heavy atom. The number of carboxylic acid groups (broad SMARTS) is 1. The Morgan fingerprint density at radius 3 is 2.53 bits per heavy atom. The number of rotatable bonds is 8. The summed E-state index contributed by atoms with van der Waals surface area (Å²) in [6.45, 7) is 2.45. The monoisotopic (exact) mass is 649 g/mol. The first-order valence-corrected chi connectivity index (χ1v) is 15.9. The average Bonchev–Trinajstić information content (AvgIpc) is 3.47. The van der Waals surface area contributed by atoms with Crippen molar-refractivity contribution < 1.29 is 27.8 Å². The zero-order valence-corrected chi connectivity index (χ0v) is 26.3. The lowest BCUT2D eigenvalue weighted by Gasteiger charge is -2.49. The standard InChI is InChI=1S/C34H38F3N7O3/c1-41-16-7-10-25(41)22-47-31-39-28-21-42(29-12-6-5-11-27(29)34(35,36)37)17-13-26(28)30(40-31)43-18-19-44(32(45)46)33(23-43,14-15-38)20-24-8-3-2-4-9-24/h2-6,8-9,11-12,25H,7,10,13-14,16-23H2,1H3,(H,45,46). The van der Waals surface area contributed by atoms with E-state index in [9.17, 15) is 28.3 Å². The Kier molecular flexibility index (Phi) is 9.14. The van der Waals surface area contributed by atoms with Crippen LogP contribution in [-0.4, -0.2) is 88.9 Å². The number of fused-ring (bicyclic) bond motifs is 1. The molecule has 3 aromatic rings. The number of halogens is 3. The van der Waals surface area contributed by atoms with Crippen molar-refractivity contribution >= 4 is 17.6 Å². The Bertz CT molecular complexity index is 1630. The van der Waals surface area contributed by atoms with Crippen molar-refractivity contribution in [3.8, 4) is 12.1 Å². The van der Waals surface area contributed by atoms with Gasteiger partial charge < -0.3 is 24.5 Å². The van der Waals surface area contributed by atoms with Crippen molar-refractivity contribution in [2.45, 2.75) is 56.4 Å². The van der Waals surface area contributed by atoms with Gasteiger partial charge in [0.25, 0.3) is 0 Å². The van der Waals surface area contributed by atoms with Crippen LogP contribution in [0.25, 0.3) is 0 Å². The maximum atomic E-state index is 14.0. The molecule has 13 heteroatoms. The minimum absolute atomic E-state index is 0.0304. The number of nitrogens with zero attached hydrogens (tertiary/aromatic N) is 7. The zero-order chi connectivity index (χ0) is 33.2. The number of likely N-dealkylation sites (N-methyl/N-ethyl adjacent to an activating group) is 1. The summed E-state index contributed by atoms with van der Waals surface area (Å²) < 4.78 is 48.1. The number of likely N-dealkylation sites (tertiary alicyclic amines) is 1. The van der Waals surface area contributed by atoms with Crippen molar-refractivity contribution in [1.82, 2.24) is 19.8 Å². The first-order chi connectivity index (χ1) is 22.6. The van der Waals surface area contributed by atoms with Crippen LogP contribution < -0.4 is 14.5 Å². The number of carbonyl (C=O) groups is 1. The SMILES string of the molecule is CN1CCCC1COc1nc2c(c(N3CCN(C(=O)O)C(CC#N)(Cc4ccccc4)C3)n1)CCN(c1ccccc1C(F)(F)F)C2. The van der Waals surface area contributed by atoms with Gasteiger partial charge in [0.05, 0.1) is 35.8 Å². The minimum atomic E-state index is -4.51.